The molecule has 2 aromatic rings. The number of ketones is 1. The van der Waals surface area contributed by atoms with Crippen LogP contribution < -0.4 is 5.32 Å². The second-order valence-corrected chi connectivity index (χ2v) is 8.98. The lowest BCUT2D eigenvalue weighted by Crippen LogP contribution is -2.25. The number of amides is 1. The highest BCUT2D eigenvalue weighted by molar-refractivity contribution is 9.10. The van der Waals surface area contributed by atoms with Gasteiger partial charge in [0.15, 0.2) is 10.9 Å². The maximum atomic E-state index is 12.2. The van der Waals surface area contributed by atoms with Crippen molar-refractivity contribution in [3.05, 3.63) is 40.1 Å². The number of Topliss-reactive ketones (excluding diaryl/α,β-unsaturated/α-hetero) is 1. The number of hydrogen-bond donors (Lipinski definition) is 1. The zero-order chi connectivity index (χ0) is 20.6. The first-order valence-electron chi connectivity index (χ1n) is 10.1. The van der Waals surface area contributed by atoms with E-state index in [9.17, 15) is 9.59 Å². The van der Waals surface area contributed by atoms with Crippen LogP contribution in [0.3, 0.4) is 0 Å². The van der Waals surface area contributed by atoms with Crippen LogP contribution in [0.4, 0.5) is 0 Å². The molecule has 1 amide bonds. The van der Waals surface area contributed by atoms with Crippen LogP contribution in [0.25, 0.3) is 0 Å². The minimum atomic E-state index is -0.0856. The van der Waals surface area contributed by atoms with Crippen LogP contribution in [-0.4, -0.2) is 39.3 Å². The van der Waals surface area contributed by atoms with E-state index in [4.69, 9.17) is 0 Å². The van der Waals surface area contributed by atoms with Gasteiger partial charge >= 0.3 is 0 Å². The third-order valence-electron chi connectivity index (χ3n) is 5.25. The number of benzene rings is 1. The smallest absolute Gasteiger partial charge is 0.220 e. The topological polar surface area (TPSA) is 76.9 Å². The second-order valence-electron chi connectivity index (χ2n) is 7.29. The van der Waals surface area contributed by atoms with E-state index >= 15 is 0 Å². The van der Waals surface area contributed by atoms with Crippen molar-refractivity contribution in [1.82, 2.24) is 20.1 Å². The Hall–Kier alpha value is -1.67. The predicted octanol–water partition coefficient (Wildman–Crippen LogP) is 4.59. The van der Waals surface area contributed by atoms with Crippen LogP contribution in [0.5, 0.6) is 0 Å². The zero-order valence-electron chi connectivity index (χ0n) is 16.7. The summed E-state index contributed by atoms with van der Waals surface area (Å²) in [4.78, 5) is 24.2. The first kappa shape index (κ1) is 22.0. The van der Waals surface area contributed by atoms with Gasteiger partial charge in [0.1, 0.15) is 5.82 Å². The van der Waals surface area contributed by atoms with E-state index in [0.717, 1.165) is 28.3 Å². The summed E-state index contributed by atoms with van der Waals surface area (Å²) in [5, 5.41) is 12.6. The Morgan fingerprint density at radius 1 is 1.17 bits per heavy atom. The number of rotatable bonds is 10. The standard InChI is InChI=1S/C21H27BrN4O2S/c1-29-21-25-24-19(26(21)17-5-2-3-6-17)7-4-14-23-20(28)13-12-18(27)15-8-10-16(22)11-9-15/h8-11,17H,2-7,12-14H2,1H3,(H,23,28). The molecule has 0 radical (unpaired) electrons. The van der Waals surface area contributed by atoms with Gasteiger partial charge < -0.3 is 9.88 Å². The van der Waals surface area contributed by atoms with Gasteiger partial charge in [0.25, 0.3) is 0 Å². The van der Waals surface area contributed by atoms with Crippen LogP contribution in [0.15, 0.2) is 33.9 Å². The van der Waals surface area contributed by atoms with Gasteiger partial charge in [0, 0.05) is 41.9 Å². The third kappa shape index (κ3) is 6.15. The molecule has 3 rings (SSSR count). The molecule has 6 nitrogen and oxygen atoms in total. The molecule has 0 saturated heterocycles. The van der Waals surface area contributed by atoms with Crippen molar-refractivity contribution in [2.75, 3.05) is 12.8 Å². The van der Waals surface area contributed by atoms with Crippen LogP contribution >= 0.6 is 27.7 Å². The van der Waals surface area contributed by atoms with Crippen molar-refractivity contribution in [1.29, 1.82) is 0 Å². The molecule has 0 spiro atoms. The van der Waals surface area contributed by atoms with E-state index in [0.29, 0.717) is 18.2 Å². The Balaban J connectivity index is 1.40. The van der Waals surface area contributed by atoms with E-state index in [2.05, 4.69) is 36.0 Å². The van der Waals surface area contributed by atoms with Gasteiger partial charge in [-0.1, -0.05) is 52.7 Å². The van der Waals surface area contributed by atoms with Gasteiger partial charge in [-0.05, 0) is 37.7 Å². The molecule has 156 valence electrons. The number of thioether (sulfide) groups is 1. The summed E-state index contributed by atoms with van der Waals surface area (Å²) in [7, 11) is 0. The fourth-order valence-corrected chi connectivity index (χ4v) is 4.55. The molecule has 8 heteroatoms. The number of nitrogens with zero attached hydrogens (tertiary/aromatic N) is 3. The number of hydrogen-bond acceptors (Lipinski definition) is 5. The summed E-state index contributed by atoms with van der Waals surface area (Å²) in [5.41, 5.74) is 0.636. The molecular formula is C21H27BrN4O2S. The number of carbonyl (C=O) groups excluding carboxylic acids is 2. The maximum absolute atomic E-state index is 12.2. The molecule has 1 aromatic heterocycles. The highest BCUT2D eigenvalue weighted by Crippen LogP contribution is 2.33. The predicted molar refractivity (Wildman–Crippen MR) is 118 cm³/mol. The summed E-state index contributed by atoms with van der Waals surface area (Å²) in [6.45, 7) is 0.581. The van der Waals surface area contributed by atoms with Crippen LogP contribution in [0.2, 0.25) is 0 Å². The monoisotopic (exact) mass is 478 g/mol. The summed E-state index contributed by atoms with van der Waals surface area (Å²) < 4.78 is 3.23. The van der Waals surface area contributed by atoms with Gasteiger partial charge in [-0.25, -0.2) is 0 Å². The highest BCUT2D eigenvalue weighted by atomic mass is 79.9. The van der Waals surface area contributed by atoms with Crippen molar-refractivity contribution in [2.24, 2.45) is 0 Å². The zero-order valence-corrected chi connectivity index (χ0v) is 19.1. The average Bonchev–Trinajstić information content (AvgIpc) is 3.39. The lowest BCUT2D eigenvalue weighted by atomic mass is 10.1. The lowest BCUT2D eigenvalue weighted by molar-refractivity contribution is -0.121. The summed E-state index contributed by atoms with van der Waals surface area (Å²) in [5.74, 6) is 0.917. The SMILES string of the molecule is CSc1nnc(CCCNC(=O)CCC(=O)c2ccc(Br)cc2)n1C1CCCC1. The van der Waals surface area contributed by atoms with Gasteiger partial charge in [0.05, 0.1) is 0 Å². The van der Waals surface area contributed by atoms with Crippen molar-refractivity contribution in [2.45, 2.75) is 62.6 Å². The second kappa shape index (κ2) is 10.9. The first-order chi connectivity index (χ1) is 14.1. The molecule has 0 aliphatic heterocycles. The molecule has 1 N–H and O–H groups in total. The Labute approximate surface area is 184 Å². The Bertz CT molecular complexity index is 832. The van der Waals surface area contributed by atoms with Crippen LogP contribution in [0, 0.1) is 0 Å². The molecule has 29 heavy (non-hydrogen) atoms. The quantitative estimate of drug-likeness (QED) is 0.307. The fourth-order valence-electron chi connectivity index (χ4n) is 3.72. The fraction of sp³-hybridized carbons (Fsp3) is 0.524. The van der Waals surface area contributed by atoms with Gasteiger partial charge in [0.2, 0.25) is 5.91 Å². The van der Waals surface area contributed by atoms with Crippen molar-refractivity contribution in [3.8, 4) is 0 Å². The van der Waals surface area contributed by atoms with Crippen molar-refractivity contribution in [3.63, 3.8) is 0 Å². The number of aryl methyl sites for hydroxylation is 1. The van der Waals surface area contributed by atoms with Crippen molar-refractivity contribution < 1.29 is 9.59 Å². The molecular weight excluding hydrogens is 452 g/mol. The maximum Gasteiger partial charge on any atom is 0.220 e. The molecule has 1 fully saturated rings. The number of halogens is 1. The number of nitrogens with one attached hydrogen (secondary N) is 1. The molecule has 0 bridgehead atoms. The van der Waals surface area contributed by atoms with Crippen molar-refractivity contribution >= 4 is 39.4 Å². The Morgan fingerprint density at radius 2 is 1.90 bits per heavy atom. The van der Waals surface area contributed by atoms with E-state index in [1.54, 1.807) is 23.9 Å². The largest absolute Gasteiger partial charge is 0.356 e. The molecule has 1 aromatic carbocycles. The lowest BCUT2D eigenvalue weighted by Gasteiger charge is -2.16. The number of carbonyl (C=O) groups is 2. The van der Waals surface area contributed by atoms with Gasteiger partial charge in [-0.15, -0.1) is 10.2 Å². The molecule has 1 aliphatic carbocycles. The Morgan fingerprint density at radius 3 is 2.59 bits per heavy atom. The van der Waals surface area contributed by atoms with E-state index in [1.807, 2.05) is 18.4 Å². The van der Waals surface area contributed by atoms with Crippen LogP contribution in [0.1, 0.15) is 67.2 Å². The summed E-state index contributed by atoms with van der Waals surface area (Å²) >= 11 is 4.99. The molecule has 1 heterocycles. The number of aromatic nitrogens is 3. The molecule has 1 aliphatic rings. The van der Waals surface area contributed by atoms with E-state index < -0.39 is 0 Å². The highest BCUT2D eigenvalue weighted by Gasteiger charge is 2.23. The molecule has 0 atom stereocenters. The van der Waals surface area contributed by atoms with Crippen LogP contribution in [-0.2, 0) is 11.2 Å². The third-order valence-corrected chi connectivity index (χ3v) is 6.42. The minimum Gasteiger partial charge on any atom is -0.356 e. The van der Waals surface area contributed by atoms with E-state index in [1.165, 1.54) is 25.7 Å². The molecule has 1 saturated carbocycles. The average molecular weight is 479 g/mol. The Kier molecular flexibility index (Phi) is 8.29. The molecule has 0 unspecified atom stereocenters. The summed E-state index contributed by atoms with van der Waals surface area (Å²) in [6, 6.07) is 7.73. The van der Waals surface area contributed by atoms with Gasteiger partial charge in [-0.3, -0.25) is 9.59 Å². The van der Waals surface area contributed by atoms with E-state index in [-0.39, 0.29) is 24.5 Å². The first-order valence-corrected chi connectivity index (χ1v) is 12.1. The van der Waals surface area contributed by atoms with Gasteiger partial charge in [-0.2, -0.15) is 0 Å². The minimum absolute atomic E-state index is 0.0121. The normalized spacial score (nSPS) is 14.3. The summed E-state index contributed by atoms with van der Waals surface area (Å²) in [6.07, 6.45) is 9.01.